The second-order valence-electron chi connectivity index (χ2n) is 7.63. The lowest BCUT2D eigenvalue weighted by atomic mass is 9.91. The molecule has 1 atom stereocenters. The van der Waals surface area contributed by atoms with Gasteiger partial charge in [0.15, 0.2) is 0 Å². The van der Waals surface area contributed by atoms with Gasteiger partial charge < -0.3 is 19.5 Å². The van der Waals surface area contributed by atoms with Crippen molar-refractivity contribution in [3.05, 3.63) is 0 Å². The minimum absolute atomic E-state index is 0.0558. The van der Waals surface area contributed by atoms with Crippen molar-refractivity contribution in [2.45, 2.75) is 57.9 Å². The molecule has 25 heavy (non-hydrogen) atoms. The maximum atomic E-state index is 12.4. The molecule has 0 rings (SSSR count). The minimum Gasteiger partial charge on any atom is -0.463 e. The van der Waals surface area contributed by atoms with Crippen molar-refractivity contribution in [2.75, 3.05) is 26.9 Å². The summed E-state index contributed by atoms with van der Waals surface area (Å²) >= 11 is 3.21. The van der Waals surface area contributed by atoms with Crippen LogP contribution in [0.15, 0.2) is 0 Å². The van der Waals surface area contributed by atoms with Gasteiger partial charge in [0.1, 0.15) is 21.9 Å². The van der Waals surface area contributed by atoms with Crippen molar-refractivity contribution in [1.82, 2.24) is 5.32 Å². The Morgan fingerprint density at radius 1 is 1.00 bits per heavy atom. The normalized spacial score (nSPS) is 14.4. The van der Waals surface area contributed by atoms with Crippen LogP contribution in [-0.4, -0.2) is 54.6 Å². The monoisotopic (exact) mass is 423 g/mol. The molecule has 0 radical (unpaired) electrons. The first-order valence-electron chi connectivity index (χ1n) is 8.06. The minimum atomic E-state index is -1.06. The molecule has 0 bridgehead atoms. The summed E-state index contributed by atoms with van der Waals surface area (Å²) in [5.74, 6) is -1.23. The number of amides is 1. The molecule has 1 unspecified atom stereocenters. The molecule has 0 saturated carbocycles. The van der Waals surface area contributed by atoms with E-state index in [-0.39, 0.29) is 32.1 Å². The zero-order chi connectivity index (χ0) is 19.9. The lowest BCUT2D eigenvalue weighted by molar-refractivity contribution is -0.154. The molecule has 0 aromatic heterocycles. The third-order valence-corrected chi connectivity index (χ3v) is 3.38. The fraction of sp³-hybridized carbons (Fsp3) is 0.824. The number of hydrogen-bond acceptors (Lipinski definition) is 6. The van der Waals surface area contributed by atoms with Crippen LogP contribution < -0.4 is 5.32 Å². The van der Waals surface area contributed by atoms with Crippen LogP contribution in [0.25, 0.3) is 0 Å². The molecular weight excluding hydrogens is 394 g/mol. The van der Waals surface area contributed by atoms with E-state index in [1.165, 1.54) is 7.11 Å². The number of carbonyl (C=O) groups is 3. The maximum absolute atomic E-state index is 12.4. The standard InChI is InChI=1S/C17H30BrNO6/c1-15(2,3)25-12(20)8-9-19-13(21)17(6,10-23-7)11-24-14(22)16(4,5)18/h8-11H2,1-7H3,(H,19,21). The molecule has 0 spiro atoms. The van der Waals surface area contributed by atoms with Gasteiger partial charge in [-0.3, -0.25) is 14.4 Å². The molecule has 0 saturated heterocycles. The first-order valence-corrected chi connectivity index (χ1v) is 8.86. The van der Waals surface area contributed by atoms with Gasteiger partial charge in [0.25, 0.3) is 0 Å². The van der Waals surface area contributed by atoms with E-state index >= 15 is 0 Å². The van der Waals surface area contributed by atoms with Crippen LogP contribution in [0.4, 0.5) is 0 Å². The van der Waals surface area contributed by atoms with E-state index in [1.54, 1.807) is 41.5 Å². The Morgan fingerprint density at radius 2 is 1.56 bits per heavy atom. The predicted octanol–water partition coefficient (Wildman–Crippen LogP) is 2.20. The zero-order valence-electron chi connectivity index (χ0n) is 16.2. The maximum Gasteiger partial charge on any atom is 0.322 e. The van der Waals surface area contributed by atoms with Gasteiger partial charge in [-0.15, -0.1) is 0 Å². The molecule has 0 heterocycles. The van der Waals surface area contributed by atoms with Crippen LogP contribution in [0.2, 0.25) is 0 Å². The summed E-state index contributed by atoms with van der Waals surface area (Å²) in [6.45, 7) is 10.3. The summed E-state index contributed by atoms with van der Waals surface area (Å²) < 4.78 is 14.6. The van der Waals surface area contributed by atoms with Gasteiger partial charge in [0.05, 0.1) is 13.0 Å². The Morgan fingerprint density at radius 3 is 2.00 bits per heavy atom. The van der Waals surface area contributed by atoms with E-state index < -0.39 is 27.3 Å². The van der Waals surface area contributed by atoms with E-state index in [9.17, 15) is 14.4 Å². The highest BCUT2D eigenvalue weighted by atomic mass is 79.9. The lowest BCUT2D eigenvalue weighted by Crippen LogP contribution is -2.47. The predicted molar refractivity (Wildman–Crippen MR) is 97.4 cm³/mol. The fourth-order valence-corrected chi connectivity index (χ4v) is 1.89. The Hall–Kier alpha value is -1.15. The quantitative estimate of drug-likeness (QED) is 0.451. The van der Waals surface area contributed by atoms with E-state index in [0.717, 1.165) is 0 Å². The lowest BCUT2D eigenvalue weighted by Gasteiger charge is -2.28. The first-order chi connectivity index (χ1) is 11.2. The smallest absolute Gasteiger partial charge is 0.322 e. The number of rotatable bonds is 9. The summed E-state index contributed by atoms with van der Waals surface area (Å²) in [7, 11) is 1.46. The van der Waals surface area contributed by atoms with Crippen LogP contribution in [0.1, 0.15) is 48.0 Å². The first kappa shape index (κ1) is 23.9. The van der Waals surface area contributed by atoms with Crippen molar-refractivity contribution >= 4 is 33.8 Å². The number of nitrogens with one attached hydrogen (secondary N) is 1. The average Bonchev–Trinajstić information content (AvgIpc) is 2.41. The van der Waals surface area contributed by atoms with Crippen LogP contribution in [0, 0.1) is 5.41 Å². The second kappa shape index (κ2) is 9.52. The Labute approximate surface area is 158 Å². The van der Waals surface area contributed by atoms with Gasteiger partial charge in [0.2, 0.25) is 5.91 Å². The molecule has 0 aliphatic carbocycles. The summed E-state index contributed by atoms with van der Waals surface area (Å²) in [6.07, 6.45) is 0.0558. The molecular formula is C17H30BrNO6. The van der Waals surface area contributed by atoms with Crippen molar-refractivity contribution in [3.63, 3.8) is 0 Å². The van der Waals surface area contributed by atoms with Gasteiger partial charge in [-0.1, -0.05) is 15.9 Å². The summed E-state index contributed by atoms with van der Waals surface area (Å²) in [4.78, 5) is 36.0. The van der Waals surface area contributed by atoms with Crippen molar-refractivity contribution in [3.8, 4) is 0 Å². The van der Waals surface area contributed by atoms with Gasteiger partial charge >= 0.3 is 11.9 Å². The van der Waals surface area contributed by atoms with E-state index in [1.807, 2.05) is 0 Å². The third kappa shape index (κ3) is 9.79. The number of hydrogen-bond donors (Lipinski definition) is 1. The summed E-state index contributed by atoms with van der Waals surface area (Å²) in [5, 5.41) is 2.66. The highest BCUT2D eigenvalue weighted by molar-refractivity contribution is 9.10. The van der Waals surface area contributed by atoms with Gasteiger partial charge in [0, 0.05) is 13.7 Å². The molecule has 146 valence electrons. The Kier molecular flexibility index (Phi) is 9.08. The molecule has 0 aromatic rings. The highest BCUT2D eigenvalue weighted by Gasteiger charge is 2.37. The number of carbonyl (C=O) groups excluding carboxylic acids is 3. The topological polar surface area (TPSA) is 90.9 Å². The van der Waals surface area contributed by atoms with Crippen molar-refractivity contribution in [2.24, 2.45) is 5.41 Å². The fourth-order valence-electron chi connectivity index (χ4n) is 1.77. The second-order valence-corrected chi connectivity index (χ2v) is 9.62. The van der Waals surface area contributed by atoms with Crippen molar-refractivity contribution < 1.29 is 28.6 Å². The highest BCUT2D eigenvalue weighted by Crippen LogP contribution is 2.22. The van der Waals surface area contributed by atoms with Gasteiger partial charge in [-0.05, 0) is 41.5 Å². The Balaban J connectivity index is 4.62. The van der Waals surface area contributed by atoms with E-state index in [4.69, 9.17) is 14.2 Å². The zero-order valence-corrected chi connectivity index (χ0v) is 17.7. The van der Waals surface area contributed by atoms with Crippen molar-refractivity contribution in [1.29, 1.82) is 0 Å². The largest absolute Gasteiger partial charge is 0.463 e. The molecule has 7 nitrogen and oxygen atoms in total. The number of halogens is 1. The molecule has 0 aromatic carbocycles. The Bertz CT molecular complexity index is 481. The molecule has 0 aliphatic rings. The number of alkyl halides is 1. The molecule has 1 N–H and O–H groups in total. The van der Waals surface area contributed by atoms with Crippen LogP contribution in [0.5, 0.6) is 0 Å². The average molecular weight is 424 g/mol. The molecule has 0 fully saturated rings. The SMILES string of the molecule is COCC(C)(COC(=O)C(C)(C)Br)C(=O)NCCC(=O)OC(C)(C)C. The summed E-state index contributed by atoms with van der Waals surface area (Å²) in [5.41, 5.74) is -1.63. The number of methoxy groups -OCH3 is 1. The molecule has 8 heteroatoms. The van der Waals surface area contributed by atoms with E-state index in [2.05, 4.69) is 21.2 Å². The van der Waals surface area contributed by atoms with E-state index in [0.29, 0.717) is 0 Å². The molecule has 1 amide bonds. The number of ether oxygens (including phenoxy) is 3. The molecule has 0 aliphatic heterocycles. The van der Waals surface area contributed by atoms with Gasteiger partial charge in [-0.2, -0.15) is 0 Å². The van der Waals surface area contributed by atoms with Crippen LogP contribution in [-0.2, 0) is 28.6 Å². The third-order valence-electron chi connectivity index (χ3n) is 3.05. The number of esters is 2. The van der Waals surface area contributed by atoms with Crippen LogP contribution in [0.3, 0.4) is 0 Å². The summed E-state index contributed by atoms with van der Waals surface area (Å²) in [6, 6.07) is 0. The van der Waals surface area contributed by atoms with Gasteiger partial charge in [-0.25, -0.2) is 0 Å². The van der Waals surface area contributed by atoms with Crippen LogP contribution >= 0.6 is 15.9 Å².